The third-order valence-electron chi connectivity index (χ3n) is 4.19. The smallest absolute Gasteiger partial charge is 0.335 e. The number of carboxylic acids is 1. The molecule has 0 saturated heterocycles. The van der Waals surface area contributed by atoms with E-state index in [1.165, 1.54) is 0 Å². The molecule has 0 bridgehead atoms. The van der Waals surface area contributed by atoms with E-state index in [2.05, 4.69) is 34.6 Å². The first-order valence-electron chi connectivity index (χ1n) is 7.92. The van der Waals surface area contributed by atoms with Gasteiger partial charge in [0.1, 0.15) is 11.6 Å². The van der Waals surface area contributed by atoms with E-state index in [1.807, 2.05) is 41.1 Å². The molecule has 4 rings (SSSR count). The molecule has 1 heterocycles. The number of aromatic nitrogens is 3. The summed E-state index contributed by atoms with van der Waals surface area (Å²) in [5.74, 6) is -0.973. The average molecular weight is 329 g/mol. The number of nitrogens with zero attached hydrogens (tertiary/aromatic N) is 3. The molecule has 5 nitrogen and oxygen atoms in total. The zero-order chi connectivity index (χ0) is 17.2. The van der Waals surface area contributed by atoms with E-state index < -0.39 is 5.97 Å². The van der Waals surface area contributed by atoms with Gasteiger partial charge < -0.3 is 5.11 Å². The van der Waals surface area contributed by atoms with Gasteiger partial charge in [0, 0.05) is 0 Å². The lowest BCUT2D eigenvalue weighted by molar-refractivity contribution is 0.0697. The standard InChI is InChI=1S/C20H15N3O2/c24-20(25)16-11-12-18-17(13-16)21-22-23(18)19(14-7-3-1-4-8-14)15-9-5-2-6-10-15/h1-13,19H,(H,24,25). The topological polar surface area (TPSA) is 68.0 Å². The van der Waals surface area contributed by atoms with Gasteiger partial charge in [-0.3, -0.25) is 0 Å². The Balaban J connectivity index is 1.91. The van der Waals surface area contributed by atoms with Crippen LogP contribution in [-0.4, -0.2) is 26.1 Å². The molecule has 3 aromatic carbocycles. The maximum absolute atomic E-state index is 11.2. The molecule has 25 heavy (non-hydrogen) atoms. The summed E-state index contributed by atoms with van der Waals surface area (Å²) in [5.41, 5.74) is 3.74. The second-order valence-corrected chi connectivity index (χ2v) is 5.77. The highest BCUT2D eigenvalue weighted by Gasteiger charge is 2.20. The fourth-order valence-corrected chi connectivity index (χ4v) is 3.01. The van der Waals surface area contributed by atoms with Gasteiger partial charge in [0.15, 0.2) is 0 Å². The van der Waals surface area contributed by atoms with Gasteiger partial charge in [-0.1, -0.05) is 65.9 Å². The predicted molar refractivity (Wildman–Crippen MR) is 94.6 cm³/mol. The number of fused-ring (bicyclic) bond motifs is 1. The van der Waals surface area contributed by atoms with Crippen LogP contribution in [0.3, 0.4) is 0 Å². The summed E-state index contributed by atoms with van der Waals surface area (Å²) in [5, 5.41) is 17.7. The van der Waals surface area contributed by atoms with Gasteiger partial charge in [-0.2, -0.15) is 0 Å². The Labute approximate surface area is 144 Å². The van der Waals surface area contributed by atoms with Crippen molar-refractivity contribution in [3.05, 3.63) is 95.6 Å². The SMILES string of the molecule is O=C(O)c1ccc2c(c1)nnn2C(c1ccccc1)c1ccccc1. The van der Waals surface area contributed by atoms with Crippen molar-refractivity contribution in [2.75, 3.05) is 0 Å². The lowest BCUT2D eigenvalue weighted by Crippen LogP contribution is -2.14. The van der Waals surface area contributed by atoms with Crippen LogP contribution in [0.25, 0.3) is 11.0 Å². The molecule has 0 spiro atoms. The van der Waals surface area contributed by atoms with Crippen molar-refractivity contribution in [1.29, 1.82) is 0 Å². The summed E-state index contributed by atoms with van der Waals surface area (Å²) in [6.45, 7) is 0. The number of hydrogen-bond donors (Lipinski definition) is 1. The Bertz CT molecular complexity index is 987. The van der Waals surface area contributed by atoms with E-state index in [0.29, 0.717) is 5.52 Å². The highest BCUT2D eigenvalue weighted by Crippen LogP contribution is 2.29. The Morgan fingerprint density at radius 1 is 0.880 bits per heavy atom. The molecule has 1 N–H and O–H groups in total. The quantitative estimate of drug-likeness (QED) is 0.619. The summed E-state index contributed by atoms with van der Waals surface area (Å²) in [6.07, 6.45) is 0. The first-order chi connectivity index (χ1) is 12.2. The van der Waals surface area contributed by atoms with Crippen LogP contribution in [-0.2, 0) is 0 Å². The summed E-state index contributed by atoms with van der Waals surface area (Å²) in [6, 6.07) is 24.9. The number of carboxylic acid groups (broad SMARTS) is 1. The van der Waals surface area contributed by atoms with Crippen LogP contribution in [0.4, 0.5) is 0 Å². The van der Waals surface area contributed by atoms with Crippen molar-refractivity contribution in [2.45, 2.75) is 6.04 Å². The first-order valence-corrected chi connectivity index (χ1v) is 7.92. The Kier molecular flexibility index (Phi) is 3.74. The van der Waals surface area contributed by atoms with Crippen molar-refractivity contribution in [3.8, 4) is 0 Å². The summed E-state index contributed by atoms with van der Waals surface area (Å²) in [4.78, 5) is 11.2. The van der Waals surface area contributed by atoms with E-state index in [4.69, 9.17) is 5.11 Å². The van der Waals surface area contributed by atoms with Crippen LogP contribution in [0, 0.1) is 0 Å². The monoisotopic (exact) mass is 329 g/mol. The molecular weight excluding hydrogens is 314 g/mol. The fraction of sp³-hybridized carbons (Fsp3) is 0.0500. The Morgan fingerprint density at radius 2 is 1.48 bits per heavy atom. The van der Waals surface area contributed by atoms with Gasteiger partial charge in [0.2, 0.25) is 0 Å². The molecule has 0 aliphatic rings. The largest absolute Gasteiger partial charge is 0.478 e. The zero-order valence-corrected chi connectivity index (χ0v) is 13.3. The van der Waals surface area contributed by atoms with E-state index in [-0.39, 0.29) is 11.6 Å². The summed E-state index contributed by atoms with van der Waals surface area (Å²) >= 11 is 0. The highest BCUT2D eigenvalue weighted by atomic mass is 16.4. The lowest BCUT2D eigenvalue weighted by atomic mass is 9.98. The van der Waals surface area contributed by atoms with E-state index in [0.717, 1.165) is 16.6 Å². The number of carbonyl (C=O) groups is 1. The van der Waals surface area contributed by atoms with Gasteiger partial charge in [-0.15, -0.1) is 5.10 Å². The molecule has 0 aliphatic heterocycles. The molecule has 0 saturated carbocycles. The van der Waals surface area contributed by atoms with Crippen LogP contribution < -0.4 is 0 Å². The van der Waals surface area contributed by atoms with E-state index >= 15 is 0 Å². The van der Waals surface area contributed by atoms with Gasteiger partial charge in [-0.25, -0.2) is 9.48 Å². The van der Waals surface area contributed by atoms with Crippen molar-refractivity contribution in [1.82, 2.24) is 15.0 Å². The summed E-state index contributed by atoms with van der Waals surface area (Å²) < 4.78 is 1.84. The van der Waals surface area contributed by atoms with Gasteiger partial charge in [-0.05, 0) is 29.3 Å². The number of rotatable bonds is 4. The molecule has 1 aromatic heterocycles. The molecule has 5 heteroatoms. The molecule has 4 aromatic rings. The predicted octanol–water partition coefficient (Wildman–Crippen LogP) is 3.77. The zero-order valence-electron chi connectivity index (χ0n) is 13.3. The third-order valence-corrected chi connectivity index (χ3v) is 4.19. The van der Waals surface area contributed by atoms with Crippen LogP contribution in [0.1, 0.15) is 27.5 Å². The average Bonchev–Trinajstić information content (AvgIpc) is 3.07. The van der Waals surface area contributed by atoms with Crippen LogP contribution >= 0.6 is 0 Å². The van der Waals surface area contributed by atoms with Gasteiger partial charge in [0.25, 0.3) is 0 Å². The van der Waals surface area contributed by atoms with Crippen molar-refractivity contribution in [2.24, 2.45) is 0 Å². The number of aromatic carboxylic acids is 1. The Hall–Kier alpha value is -3.47. The van der Waals surface area contributed by atoms with Crippen molar-refractivity contribution in [3.63, 3.8) is 0 Å². The van der Waals surface area contributed by atoms with E-state index in [1.54, 1.807) is 18.2 Å². The molecule has 0 aliphatic carbocycles. The van der Waals surface area contributed by atoms with E-state index in [9.17, 15) is 4.79 Å². The maximum Gasteiger partial charge on any atom is 0.335 e. The molecule has 0 atom stereocenters. The van der Waals surface area contributed by atoms with Crippen molar-refractivity contribution >= 4 is 17.0 Å². The molecule has 0 fully saturated rings. The van der Waals surface area contributed by atoms with Crippen molar-refractivity contribution < 1.29 is 9.90 Å². The van der Waals surface area contributed by atoms with Gasteiger partial charge in [0.05, 0.1) is 11.1 Å². The third kappa shape index (κ3) is 2.76. The molecule has 0 amide bonds. The minimum absolute atomic E-state index is 0.136. The van der Waals surface area contributed by atoms with Crippen LogP contribution in [0.2, 0.25) is 0 Å². The first kappa shape index (κ1) is 15.1. The normalized spacial score (nSPS) is 11.1. The highest BCUT2D eigenvalue weighted by molar-refractivity contribution is 5.92. The maximum atomic E-state index is 11.2. The Morgan fingerprint density at radius 3 is 2.04 bits per heavy atom. The second kappa shape index (κ2) is 6.20. The fourth-order valence-electron chi connectivity index (χ4n) is 3.01. The minimum Gasteiger partial charge on any atom is -0.478 e. The molecular formula is C20H15N3O2. The second-order valence-electron chi connectivity index (χ2n) is 5.77. The molecule has 0 unspecified atom stereocenters. The molecule has 0 radical (unpaired) electrons. The summed E-state index contributed by atoms with van der Waals surface area (Å²) in [7, 11) is 0. The van der Waals surface area contributed by atoms with Gasteiger partial charge >= 0.3 is 5.97 Å². The van der Waals surface area contributed by atoms with Crippen LogP contribution in [0.5, 0.6) is 0 Å². The number of hydrogen-bond acceptors (Lipinski definition) is 3. The van der Waals surface area contributed by atoms with Crippen LogP contribution in [0.15, 0.2) is 78.9 Å². The minimum atomic E-state index is -0.973. The molecule has 122 valence electrons. The number of benzene rings is 3. The lowest BCUT2D eigenvalue weighted by Gasteiger charge is -2.19.